The van der Waals surface area contributed by atoms with Crippen molar-refractivity contribution in [2.75, 3.05) is 20.1 Å². The number of unbranched alkanes of at least 4 members (excludes halogenated alkanes) is 2. The van der Waals surface area contributed by atoms with E-state index < -0.39 is 4.92 Å². The molecule has 6 nitrogen and oxygen atoms in total. The van der Waals surface area contributed by atoms with Crippen LogP contribution in [0.3, 0.4) is 0 Å². The average molecular weight is 240 g/mol. The molecule has 96 valence electrons. The molecule has 0 aliphatic heterocycles. The summed E-state index contributed by atoms with van der Waals surface area (Å²) in [4.78, 5) is 12.3. The van der Waals surface area contributed by atoms with Crippen molar-refractivity contribution in [1.29, 1.82) is 0 Å². The summed E-state index contributed by atoms with van der Waals surface area (Å²) >= 11 is 0. The summed E-state index contributed by atoms with van der Waals surface area (Å²) in [6, 6.07) is 0. The van der Waals surface area contributed by atoms with Gasteiger partial charge in [0.25, 0.3) is 0 Å². The minimum atomic E-state index is -0.422. The normalized spacial score (nSPS) is 11.0. The van der Waals surface area contributed by atoms with Gasteiger partial charge in [-0.05, 0) is 20.0 Å². The van der Waals surface area contributed by atoms with Crippen LogP contribution < -0.4 is 0 Å². The van der Waals surface area contributed by atoms with Gasteiger partial charge in [0.15, 0.2) is 0 Å². The first-order chi connectivity index (χ1) is 8.13. The number of nitrogens with zero attached hydrogens (tertiary/aromatic N) is 4. The van der Waals surface area contributed by atoms with Crippen LogP contribution in [-0.2, 0) is 6.54 Å². The molecular formula is C11H20N4O2. The molecule has 0 fully saturated rings. The smallest absolute Gasteiger partial charge is 0.305 e. The number of hydrogen-bond acceptors (Lipinski definition) is 4. The molecule has 0 spiro atoms. The highest BCUT2D eigenvalue weighted by atomic mass is 16.6. The molecule has 1 rings (SSSR count). The molecule has 1 aromatic heterocycles. The summed E-state index contributed by atoms with van der Waals surface area (Å²) in [7, 11) is 2.06. The Balaban J connectivity index is 2.26. The zero-order valence-electron chi connectivity index (χ0n) is 10.5. The molecule has 0 amide bonds. The van der Waals surface area contributed by atoms with Crippen LogP contribution >= 0.6 is 0 Å². The quantitative estimate of drug-likeness (QED) is 0.395. The molecule has 1 heterocycles. The number of nitro groups is 1. The maximum absolute atomic E-state index is 10.5. The minimum absolute atomic E-state index is 0.0543. The second-order valence-corrected chi connectivity index (χ2v) is 4.23. The molecule has 0 saturated carbocycles. The Morgan fingerprint density at radius 3 is 2.82 bits per heavy atom. The Bertz CT molecular complexity index is 351. The lowest BCUT2D eigenvalue weighted by molar-refractivity contribution is -0.385. The topological polar surface area (TPSA) is 64.2 Å². The van der Waals surface area contributed by atoms with E-state index in [0.717, 1.165) is 13.1 Å². The van der Waals surface area contributed by atoms with E-state index in [4.69, 9.17) is 0 Å². The van der Waals surface area contributed by atoms with Crippen molar-refractivity contribution < 1.29 is 4.92 Å². The van der Waals surface area contributed by atoms with Gasteiger partial charge in [0, 0.05) is 6.54 Å². The van der Waals surface area contributed by atoms with Gasteiger partial charge in [0.05, 0.1) is 11.5 Å². The Hall–Kier alpha value is -1.43. The molecule has 0 radical (unpaired) electrons. The van der Waals surface area contributed by atoms with Gasteiger partial charge in [0.1, 0.15) is 12.4 Å². The molecule has 0 N–H and O–H groups in total. The van der Waals surface area contributed by atoms with Crippen molar-refractivity contribution in [3.8, 4) is 0 Å². The van der Waals surface area contributed by atoms with Crippen molar-refractivity contribution in [2.24, 2.45) is 0 Å². The van der Waals surface area contributed by atoms with E-state index >= 15 is 0 Å². The third-order valence-electron chi connectivity index (χ3n) is 2.68. The van der Waals surface area contributed by atoms with E-state index in [1.54, 1.807) is 4.68 Å². The third kappa shape index (κ3) is 4.95. The van der Waals surface area contributed by atoms with Crippen molar-refractivity contribution in [3.05, 3.63) is 22.5 Å². The predicted octanol–water partition coefficient (Wildman–Crippen LogP) is 1.91. The van der Waals surface area contributed by atoms with Gasteiger partial charge in [-0.3, -0.25) is 14.8 Å². The van der Waals surface area contributed by atoms with Gasteiger partial charge in [-0.2, -0.15) is 5.10 Å². The van der Waals surface area contributed by atoms with Gasteiger partial charge < -0.3 is 4.90 Å². The Morgan fingerprint density at radius 2 is 2.24 bits per heavy atom. The van der Waals surface area contributed by atoms with Gasteiger partial charge in [-0.15, -0.1) is 0 Å². The fraction of sp³-hybridized carbons (Fsp3) is 0.727. The molecule has 17 heavy (non-hydrogen) atoms. The largest absolute Gasteiger partial charge is 0.306 e. The molecule has 0 aliphatic rings. The first-order valence-corrected chi connectivity index (χ1v) is 5.99. The van der Waals surface area contributed by atoms with Gasteiger partial charge in [0.2, 0.25) is 0 Å². The lowest BCUT2D eigenvalue weighted by Gasteiger charge is -2.15. The van der Waals surface area contributed by atoms with Crippen molar-refractivity contribution in [2.45, 2.75) is 32.7 Å². The monoisotopic (exact) mass is 240 g/mol. The number of rotatable bonds is 8. The predicted molar refractivity (Wildman–Crippen MR) is 65.9 cm³/mol. The van der Waals surface area contributed by atoms with Crippen LogP contribution in [-0.4, -0.2) is 39.7 Å². The molecule has 0 saturated heterocycles. The van der Waals surface area contributed by atoms with Crippen molar-refractivity contribution >= 4 is 5.69 Å². The lowest BCUT2D eigenvalue weighted by atomic mass is 10.2. The molecule has 0 unspecified atom stereocenters. The summed E-state index contributed by atoms with van der Waals surface area (Å²) in [6.07, 6.45) is 6.43. The van der Waals surface area contributed by atoms with Crippen molar-refractivity contribution in [3.63, 3.8) is 0 Å². The first kappa shape index (κ1) is 13.6. The molecule has 0 bridgehead atoms. The van der Waals surface area contributed by atoms with Crippen LogP contribution in [0.5, 0.6) is 0 Å². The number of likely N-dealkylation sites (N-methyl/N-ethyl adjacent to an activating group) is 1. The summed E-state index contributed by atoms with van der Waals surface area (Å²) in [5.74, 6) is 0. The highest BCUT2D eigenvalue weighted by molar-refractivity contribution is 5.20. The van der Waals surface area contributed by atoms with E-state index in [1.165, 1.54) is 31.7 Å². The van der Waals surface area contributed by atoms with E-state index in [9.17, 15) is 10.1 Å². The highest BCUT2D eigenvalue weighted by Gasteiger charge is 2.08. The molecule has 0 atom stereocenters. The van der Waals surface area contributed by atoms with Gasteiger partial charge >= 0.3 is 5.69 Å². The highest BCUT2D eigenvalue weighted by Crippen LogP contribution is 2.07. The SMILES string of the molecule is CCCCCN(C)CCn1cc([N+](=O)[O-])cn1. The number of hydrogen-bond donors (Lipinski definition) is 0. The molecule has 6 heteroatoms. The fourth-order valence-electron chi connectivity index (χ4n) is 1.59. The second kappa shape index (κ2) is 7.01. The van der Waals surface area contributed by atoms with E-state index in [1.807, 2.05) is 0 Å². The third-order valence-corrected chi connectivity index (χ3v) is 2.68. The minimum Gasteiger partial charge on any atom is -0.305 e. The van der Waals surface area contributed by atoms with E-state index in [2.05, 4.69) is 24.0 Å². The Kier molecular flexibility index (Phi) is 5.62. The fourth-order valence-corrected chi connectivity index (χ4v) is 1.59. The summed E-state index contributed by atoms with van der Waals surface area (Å²) in [5, 5.41) is 14.4. The van der Waals surface area contributed by atoms with Crippen LogP contribution in [0.2, 0.25) is 0 Å². The summed E-state index contributed by atoms with van der Waals surface area (Å²) < 4.78 is 1.62. The Morgan fingerprint density at radius 1 is 1.47 bits per heavy atom. The maximum atomic E-state index is 10.5. The second-order valence-electron chi connectivity index (χ2n) is 4.23. The van der Waals surface area contributed by atoms with Crippen LogP contribution in [0.25, 0.3) is 0 Å². The standard InChI is InChI=1S/C11H20N4O2/c1-3-4-5-6-13(2)7-8-14-10-11(9-12-14)15(16)17/h9-10H,3-8H2,1-2H3. The van der Waals surface area contributed by atoms with E-state index in [-0.39, 0.29) is 5.69 Å². The van der Waals surface area contributed by atoms with Crippen molar-refractivity contribution in [1.82, 2.24) is 14.7 Å². The molecule has 0 aromatic carbocycles. The van der Waals surface area contributed by atoms with Crippen LogP contribution in [0.4, 0.5) is 5.69 Å². The van der Waals surface area contributed by atoms with Gasteiger partial charge in [-0.1, -0.05) is 19.8 Å². The van der Waals surface area contributed by atoms with Gasteiger partial charge in [-0.25, -0.2) is 0 Å². The summed E-state index contributed by atoms with van der Waals surface area (Å²) in [5.41, 5.74) is 0.0543. The zero-order chi connectivity index (χ0) is 12.7. The maximum Gasteiger partial charge on any atom is 0.306 e. The van der Waals surface area contributed by atoms with E-state index in [0.29, 0.717) is 6.54 Å². The lowest BCUT2D eigenvalue weighted by Crippen LogP contribution is -2.24. The molecule has 1 aromatic rings. The zero-order valence-corrected chi connectivity index (χ0v) is 10.5. The average Bonchev–Trinajstić information content (AvgIpc) is 2.75. The first-order valence-electron chi connectivity index (χ1n) is 5.99. The van der Waals surface area contributed by atoms with Crippen LogP contribution in [0.15, 0.2) is 12.4 Å². The molecule has 0 aliphatic carbocycles. The van der Waals surface area contributed by atoms with Crippen LogP contribution in [0, 0.1) is 10.1 Å². The molecular weight excluding hydrogens is 220 g/mol. The number of aromatic nitrogens is 2. The van der Waals surface area contributed by atoms with Crippen LogP contribution in [0.1, 0.15) is 26.2 Å². The summed E-state index contributed by atoms with van der Waals surface area (Å²) in [6.45, 7) is 4.80. The Labute approximate surface area is 101 Å².